The van der Waals surface area contributed by atoms with Crippen molar-refractivity contribution in [2.24, 2.45) is 4.99 Å². The Labute approximate surface area is 216 Å². The molecule has 0 radical (unpaired) electrons. The number of rotatable bonds is 5. The Balaban J connectivity index is 1.40. The normalized spacial score (nSPS) is 18.8. The van der Waals surface area contributed by atoms with Crippen LogP contribution in [0.1, 0.15) is 43.4 Å². The summed E-state index contributed by atoms with van der Waals surface area (Å²) in [6, 6.07) is 11.1. The maximum absolute atomic E-state index is 13.5. The van der Waals surface area contributed by atoms with Gasteiger partial charge >= 0.3 is 0 Å². The van der Waals surface area contributed by atoms with Gasteiger partial charge in [0.15, 0.2) is 0 Å². The highest BCUT2D eigenvalue weighted by molar-refractivity contribution is 6.05. The van der Waals surface area contributed by atoms with Gasteiger partial charge in [-0.1, -0.05) is 0 Å². The second-order valence-corrected chi connectivity index (χ2v) is 9.92. The van der Waals surface area contributed by atoms with E-state index in [0.717, 1.165) is 66.8 Å². The van der Waals surface area contributed by atoms with Crippen molar-refractivity contribution in [3.8, 4) is 0 Å². The first-order valence-electron chi connectivity index (χ1n) is 13.1. The molecule has 9 heteroatoms. The highest BCUT2D eigenvalue weighted by Gasteiger charge is 2.30. The molecule has 2 saturated heterocycles. The highest BCUT2D eigenvalue weighted by Crippen LogP contribution is 2.23. The number of guanidine groups is 1. The molecule has 2 fully saturated rings. The lowest BCUT2D eigenvalue weighted by Crippen LogP contribution is -2.45. The lowest BCUT2D eigenvalue weighted by Gasteiger charge is -2.25. The van der Waals surface area contributed by atoms with Gasteiger partial charge in [0.05, 0.1) is 6.54 Å². The van der Waals surface area contributed by atoms with Crippen molar-refractivity contribution in [1.82, 2.24) is 14.8 Å². The van der Waals surface area contributed by atoms with Gasteiger partial charge in [0.2, 0.25) is 17.8 Å². The molecule has 0 bridgehead atoms. The molecule has 0 aliphatic carbocycles. The van der Waals surface area contributed by atoms with Gasteiger partial charge in [-0.15, -0.1) is 0 Å². The smallest absolute Gasteiger partial charge is 0.247 e. The fourth-order valence-electron chi connectivity index (χ4n) is 4.96. The number of aromatic nitrogens is 1. The van der Waals surface area contributed by atoms with Gasteiger partial charge in [0, 0.05) is 36.9 Å². The molecule has 2 aliphatic rings. The van der Waals surface area contributed by atoms with E-state index in [1.807, 2.05) is 55.1 Å². The van der Waals surface area contributed by atoms with Crippen LogP contribution in [0, 0.1) is 13.8 Å². The van der Waals surface area contributed by atoms with E-state index >= 15 is 0 Å². The van der Waals surface area contributed by atoms with Crippen molar-refractivity contribution in [2.45, 2.75) is 52.0 Å². The molecule has 2 aliphatic heterocycles. The monoisotopic (exact) mass is 502 g/mol. The van der Waals surface area contributed by atoms with Crippen LogP contribution in [0.5, 0.6) is 0 Å². The second kappa shape index (κ2) is 11.0. The Morgan fingerprint density at radius 3 is 2.68 bits per heavy atom. The number of aryl methyl sites for hydroxylation is 2. The first kappa shape index (κ1) is 24.8. The Bertz CT molecular complexity index is 1310. The van der Waals surface area contributed by atoms with Crippen molar-refractivity contribution in [3.05, 3.63) is 53.9 Å². The number of pyridine rings is 1. The minimum absolute atomic E-state index is 0.0274. The van der Waals surface area contributed by atoms with E-state index in [1.165, 1.54) is 0 Å². The third kappa shape index (κ3) is 6.10. The number of carbonyl (C=O) groups excluding carboxylic acids is 2. The zero-order valence-electron chi connectivity index (χ0n) is 21.5. The molecule has 0 saturated carbocycles. The molecule has 0 spiro atoms. The summed E-state index contributed by atoms with van der Waals surface area (Å²) in [6.07, 6.45) is 6.15. The molecule has 5 rings (SSSR count). The SMILES string of the molecule is Cc1ccnc(NC(=N[C@H]2CCCCN(CC(=O)N3CCCC3)C2=O)Nc2ccc3oc(C)cc3c2)c1. The summed E-state index contributed by atoms with van der Waals surface area (Å²) < 4.78 is 5.70. The number of amides is 2. The average Bonchev–Trinajstić information content (AvgIpc) is 3.50. The quantitative estimate of drug-likeness (QED) is 0.398. The van der Waals surface area contributed by atoms with E-state index in [2.05, 4.69) is 15.6 Å². The van der Waals surface area contributed by atoms with Gasteiger partial charge in [-0.05, 0) is 87.9 Å². The molecule has 2 aromatic heterocycles. The topological polar surface area (TPSA) is 103 Å². The van der Waals surface area contributed by atoms with Crippen LogP contribution in [0.2, 0.25) is 0 Å². The molecule has 194 valence electrons. The van der Waals surface area contributed by atoms with E-state index in [1.54, 1.807) is 11.1 Å². The fraction of sp³-hybridized carbons (Fsp3) is 0.429. The molecule has 0 unspecified atom stereocenters. The number of aliphatic imine (C=N–C) groups is 1. The van der Waals surface area contributed by atoms with E-state index < -0.39 is 6.04 Å². The number of anilines is 2. The number of hydrogen-bond acceptors (Lipinski definition) is 5. The van der Waals surface area contributed by atoms with Crippen molar-refractivity contribution < 1.29 is 14.0 Å². The van der Waals surface area contributed by atoms with Crippen LogP contribution < -0.4 is 10.6 Å². The molecular weight excluding hydrogens is 468 g/mol. The Hall–Kier alpha value is -3.88. The molecule has 2 N–H and O–H groups in total. The van der Waals surface area contributed by atoms with Crippen molar-refractivity contribution in [3.63, 3.8) is 0 Å². The summed E-state index contributed by atoms with van der Waals surface area (Å²) in [5.74, 6) is 1.83. The lowest BCUT2D eigenvalue weighted by atomic mass is 10.1. The number of furan rings is 1. The number of fused-ring (bicyclic) bond motifs is 1. The largest absolute Gasteiger partial charge is 0.461 e. The molecule has 1 aromatic carbocycles. The number of benzene rings is 1. The van der Waals surface area contributed by atoms with E-state index in [4.69, 9.17) is 9.41 Å². The lowest BCUT2D eigenvalue weighted by molar-refractivity contribution is -0.140. The minimum Gasteiger partial charge on any atom is -0.461 e. The minimum atomic E-state index is -0.589. The molecule has 1 atom stereocenters. The predicted octanol–water partition coefficient (Wildman–Crippen LogP) is 4.33. The zero-order chi connectivity index (χ0) is 25.8. The summed E-state index contributed by atoms with van der Waals surface area (Å²) in [7, 11) is 0. The number of hydrogen-bond donors (Lipinski definition) is 2. The van der Waals surface area contributed by atoms with Crippen molar-refractivity contribution in [1.29, 1.82) is 0 Å². The summed E-state index contributed by atoms with van der Waals surface area (Å²) in [5.41, 5.74) is 2.69. The van der Waals surface area contributed by atoms with Gasteiger partial charge in [-0.3, -0.25) is 9.59 Å². The molecule has 4 heterocycles. The Morgan fingerprint density at radius 1 is 1.05 bits per heavy atom. The Morgan fingerprint density at radius 2 is 1.86 bits per heavy atom. The first-order chi connectivity index (χ1) is 17.9. The molecule has 2 amide bonds. The van der Waals surface area contributed by atoms with Gasteiger partial charge in [0.25, 0.3) is 0 Å². The van der Waals surface area contributed by atoms with Crippen LogP contribution in [0.4, 0.5) is 11.5 Å². The summed E-state index contributed by atoms with van der Waals surface area (Å²) in [6.45, 7) is 6.18. The van der Waals surface area contributed by atoms with Gasteiger partial charge in [0.1, 0.15) is 23.2 Å². The van der Waals surface area contributed by atoms with Crippen LogP contribution in [0.15, 0.2) is 52.0 Å². The van der Waals surface area contributed by atoms with Gasteiger partial charge < -0.3 is 24.9 Å². The maximum Gasteiger partial charge on any atom is 0.247 e. The van der Waals surface area contributed by atoms with Crippen molar-refractivity contribution >= 4 is 40.2 Å². The van der Waals surface area contributed by atoms with Crippen LogP contribution in [0.3, 0.4) is 0 Å². The fourth-order valence-corrected chi connectivity index (χ4v) is 4.96. The molecular formula is C28H34N6O3. The van der Waals surface area contributed by atoms with Crippen LogP contribution in [0.25, 0.3) is 11.0 Å². The van der Waals surface area contributed by atoms with Crippen molar-refractivity contribution in [2.75, 3.05) is 36.8 Å². The predicted molar refractivity (Wildman–Crippen MR) is 145 cm³/mol. The number of likely N-dealkylation sites (tertiary alicyclic amines) is 2. The highest BCUT2D eigenvalue weighted by atomic mass is 16.3. The second-order valence-electron chi connectivity index (χ2n) is 9.92. The third-order valence-electron chi connectivity index (χ3n) is 6.89. The summed E-state index contributed by atoms with van der Waals surface area (Å²) in [5, 5.41) is 7.60. The van der Waals surface area contributed by atoms with Gasteiger partial charge in [-0.25, -0.2) is 9.98 Å². The summed E-state index contributed by atoms with van der Waals surface area (Å²) in [4.78, 5) is 39.1. The maximum atomic E-state index is 13.5. The van der Waals surface area contributed by atoms with E-state index in [-0.39, 0.29) is 18.4 Å². The van der Waals surface area contributed by atoms with Crippen LogP contribution in [-0.4, -0.2) is 64.8 Å². The number of carbonyl (C=O) groups is 2. The van der Waals surface area contributed by atoms with E-state index in [9.17, 15) is 9.59 Å². The average molecular weight is 503 g/mol. The van der Waals surface area contributed by atoms with Crippen LogP contribution in [-0.2, 0) is 9.59 Å². The Kier molecular flexibility index (Phi) is 7.39. The van der Waals surface area contributed by atoms with Gasteiger partial charge in [-0.2, -0.15) is 0 Å². The van der Waals surface area contributed by atoms with Crippen LogP contribution >= 0.6 is 0 Å². The summed E-state index contributed by atoms with van der Waals surface area (Å²) >= 11 is 0. The zero-order valence-corrected chi connectivity index (χ0v) is 21.5. The number of nitrogens with one attached hydrogen (secondary N) is 2. The molecule has 3 aromatic rings. The third-order valence-corrected chi connectivity index (χ3v) is 6.89. The number of nitrogens with zero attached hydrogens (tertiary/aromatic N) is 4. The van der Waals surface area contributed by atoms with E-state index in [0.29, 0.717) is 24.7 Å². The first-order valence-corrected chi connectivity index (χ1v) is 13.1. The molecule has 9 nitrogen and oxygen atoms in total. The molecule has 37 heavy (non-hydrogen) atoms. The standard InChI is InChI=1S/C28H34N6O3/c1-19-10-11-29-25(15-19)32-28(30-22-8-9-24-21(17-22)16-20(2)37-24)31-23-7-3-4-14-34(27(23)36)18-26(35)33-12-5-6-13-33/h8-11,15-17,23H,3-7,12-14,18H2,1-2H3,(H2,29,30,31,32)/t23-/m0/s1.